The predicted molar refractivity (Wildman–Crippen MR) is 101 cm³/mol. The van der Waals surface area contributed by atoms with Crippen molar-refractivity contribution in [3.05, 3.63) is 24.3 Å². The first kappa shape index (κ1) is 19.6. The van der Waals surface area contributed by atoms with E-state index in [-0.39, 0.29) is 16.0 Å². The lowest BCUT2D eigenvalue weighted by Gasteiger charge is -2.16. The first-order chi connectivity index (χ1) is 10.6. The van der Waals surface area contributed by atoms with Crippen LogP contribution in [0.3, 0.4) is 0 Å². The van der Waals surface area contributed by atoms with Crippen molar-refractivity contribution in [2.45, 2.75) is 24.8 Å². The fourth-order valence-corrected chi connectivity index (χ4v) is 2.92. The van der Waals surface area contributed by atoms with Crippen molar-refractivity contribution in [2.24, 2.45) is 0 Å². The maximum atomic E-state index is 12.1. The topological polar surface area (TPSA) is 85.5 Å². The first-order valence-electron chi connectivity index (χ1n) is 6.79. The highest BCUT2D eigenvalue weighted by molar-refractivity contribution is 7.89. The largest absolute Gasteiger partial charge is 0.359 e. The lowest BCUT2D eigenvalue weighted by molar-refractivity contribution is 0.521. The number of thiocarbonyl (C=S) groups is 2. The van der Waals surface area contributed by atoms with E-state index in [1.165, 1.54) is 26.2 Å². The molecule has 0 heterocycles. The SMILES string of the molecule is CC(C)NC(=S)NNC(=S)Nc1cccc(S(=O)(=O)N(C)C)c1. The summed E-state index contributed by atoms with van der Waals surface area (Å²) in [6.07, 6.45) is 0. The zero-order valence-corrected chi connectivity index (χ0v) is 15.8. The van der Waals surface area contributed by atoms with Gasteiger partial charge in [-0.05, 0) is 56.5 Å². The van der Waals surface area contributed by atoms with Crippen LogP contribution in [0, 0.1) is 0 Å². The van der Waals surface area contributed by atoms with Crippen molar-refractivity contribution in [3.63, 3.8) is 0 Å². The molecule has 128 valence electrons. The van der Waals surface area contributed by atoms with Crippen molar-refractivity contribution in [3.8, 4) is 0 Å². The van der Waals surface area contributed by atoms with Gasteiger partial charge in [0, 0.05) is 25.8 Å². The summed E-state index contributed by atoms with van der Waals surface area (Å²) in [6.45, 7) is 3.92. The molecule has 0 saturated carbocycles. The summed E-state index contributed by atoms with van der Waals surface area (Å²) in [5, 5.41) is 6.55. The van der Waals surface area contributed by atoms with Crippen LogP contribution in [-0.2, 0) is 10.0 Å². The lowest BCUT2D eigenvalue weighted by Crippen LogP contribution is -2.49. The number of anilines is 1. The molecule has 1 aromatic rings. The van der Waals surface area contributed by atoms with Gasteiger partial charge in [-0.15, -0.1) is 0 Å². The molecule has 0 spiro atoms. The Balaban J connectivity index is 2.68. The molecule has 0 radical (unpaired) electrons. The van der Waals surface area contributed by atoms with Gasteiger partial charge >= 0.3 is 0 Å². The van der Waals surface area contributed by atoms with Crippen LogP contribution in [-0.4, -0.2) is 43.1 Å². The van der Waals surface area contributed by atoms with Gasteiger partial charge in [0.25, 0.3) is 0 Å². The van der Waals surface area contributed by atoms with Gasteiger partial charge in [0.2, 0.25) is 10.0 Å². The maximum Gasteiger partial charge on any atom is 0.242 e. The van der Waals surface area contributed by atoms with Crippen molar-refractivity contribution < 1.29 is 8.42 Å². The minimum atomic E-state index is -3.49. The number of rotatable bonds is 4. The Labute approximate surface area is 147 Å². The van der Waals surface area contributed by atoms with Gasteiger partial charge in [-0.3, -0.25) is 10.9 Å². The van der Waals surface area contributed by atoms with Crippen LogP contribution in [0.2, 0.25) is 0 Å². The highest BCUT2D eigenvalue weighted by Crippen LogP contribution is 2.17. The van der Waals surface area contributed by atoms with E-state index < -0.39 is 10.0 Å². The normalized spacial score (nSPS) is 11.2. The Morgan fingerprint density at radius 2 is 1.74 bits per heavy atom. The second-order valence-corrected chi connectivity index (χ2v) is 8.12. The average Bonchev–Trinajstić information content (AvgIpc) is 2.44. The Hall–Kier alpha value is -1.49. The van der Waals surface area contributed by atoms with E-state index in [2.05, 4.69) is 21.5 Å². The number of hydrogen-bond acceptors (Lipinski definition) is 4. The Kier molecular flexibility index (Phi) is 7.13. The predicted octanol–water partition coefficient (Wildman–Crippen LogP) is 1.01. The number of benzene rings is 1. The molecular weight excluding hydrogens is 354 g/mol. The molecule has 1 rings (SSSR count). The third kappa shape index (κ3) is 6.26. The molecule has 0 aliphatic carbocycles. The lowest BCUT2D eigenvalue weighted by atomic mass is 10.3. The molecule has 0 aromatic heterocycles. The van der Waals surface area contributed by atoms with Crippen LogP contribution >= 0.6 is 24.4 Å². The Morgan fingerprint density at radius 1 is 1.13 bits per heavy atom. The van der Waals surface area contributed by atoms with Crippen molar-refractivity contribution >= 4 is 50.4 Å². The van der Waals surface area contributed by atoms with Gasteiger partial charge in [-0.1, -0.05) is 6.07 Å². The maximum absolute atomic E-state index is 12.1. The van der Waals surface area contributed by atoms with Crippen LogP contribution in [0.15, 0.2) is 29.2 Å². The van der Waals surface area contributed by atoms with Gasteiger partial charge in [0.1, 0.15) is 0 Å². The van der Waals surface area contributed by atoms with Crippen LogP contribution in [0.5, 0.6) is 0 Å². The molecule has 1 aromatic carbocycles. The van der Waals surface area contributed by atoms with E-state index in [9.17, 15) is 8.42 Å². The van der Waals surface area contributed by atoms with E-state index in [4.69, 9.17) is 24.4 Å². The summed E-state index contributed by atoms with van der Waals surface area (Å²) >= 11 is 10.2. The quantitative estimate of drug-likeness (QED) is 0.458. The fourth-order valence-electron chi connectivity index (χ4n) is 1.52. The number of nitrogens with one attached hydrogen (secondary N) is 4. The Morgan fingerprint density at radius 3 is 2.30 bits per heavy atom. The second kappa shape index (κ2) is 8.39. The first-order valence-corrected chi connectivity index (χ1v) is 9.04. The highest BCUT2D eigenvalue weighted by Gasteiger charge is 2.17. The van der Waals surface area contributed by atoms with Crippen molar-refractivity contribution in [1.82, 2.24) is 20.5 Å². The molecule has 0 saturated heterocycles. The summed E-state index contributed by atoms with van der Waals surface area (Å²) in [6, 6.07) is 6.59. The zero-order chi connectivity index (χ0) is 17.6. The summed E-state index contributed by atoms with van der Waals surface area (Å²) in [7, 11) is -0.530. The molecule has 0 atom stereocenters. The molecule has 0 fully saturated rings. The monoisotopic (exact) mass is 375 g/mol. The zero-order valence-electron chi connectivity index (χ0n) is 13.4. The standard InChI is InChI=1S/C13H21N5O2S3/c1-9(2)14-12(21)16-17-13(22)15-10-6-5-7-11(8-10)23(19,20)18(3)4/h5-9H,1-4H3,(H2,14,16,21)(H2,15,17,22). The van der Waals surface area contributed by atoms with Gasteiger partial charge in [-0.25, -0.2) is 12.7 Å². The van der Waals surface area contributed by atoms with E-state index >= 15 is 0 Å². The third-order valence-corrected chi connectivity index (χ3v) is 4.81. The third-order valence-electron chi connectivity index (χ3n) is 2.58. The van der Waals surface area contributed by atoms with Crippen LogP contribution in [0.25, 0.3) is 0 Å². The highest BCUT2D eigenvalue weighted by atomic mass is 32.2. The van der Waals surface area contributed by atoms with Crippen molar-refractivity contribution in [2.75, 3.05) is 19.4 Å². The molecule has 0 aliphatic heterocycles. The average molecular weight is 376 g/mol. The number of hydrazine groups is 1. The molecule has 4 N–H and O–H groups in total. The summed E-state index contributed by atoms with van der Waals surface area (Å²) in [5.74, 6) is 0. The van der Waals surface area contributed by atoms with Crippen molar-refractivity contribution in [1.29, 1.82) is 0 Å². The minimum Gasteiger partial charge on any atom is -0.359 e. The van der Waals surface area contributed by atoms with Gasteiger partial charge < -0.3 is 10.6 Å². The number of nitrogens with zero attached hydrogens (tertiary/aromatic N) is 1. The molecule has 0 amide bonds. The Bertz CT molecular complexity index is 674. The number of sulfonamides is 1. The summed E-state index contributed by atoms with van der Waals surface area (Å²) in [5.41, 5.74) is 6.01. The van der Waals surface area contributed by atoms with Gasteiger partial charge in [-0.2, -0.15) is 0 Å². The van der Waals surface area contributed by atoms with E-state index in [1.54, 1.807) is 12.1 Å². The van der Waals surface area contributed by atoms with Gasteiger partial charge in [0.15, 0.2) is 10.2 Å². The van der Waals surface area contributed by atoms with E-state index in [0.29, 0.717) is 10.8 Å². The smallest absolute Gasteiger partial charge is 0.242 e. The molecule has 10 heteroatoms. The number of hydrogen-bond donors (Lipinski definition) is 4. The fraction of sp³-hybridized carbons (Fsp3) is 0.385. The molecule has 0 unspecified atom stereocenters. The molecule has 7 nitrogen and oxygen atoms in total. The van der Waals surface area contributed by atoms with Crippen LogP contribution in [0.4, 0.5) is 5.69 Å². The molecule has 0 bridgehead atoms. The van der Waals surface area contributed by atoms with Crippen LogP contribution in [0.1, 0.15) is 13.8 Å². The minimum absolute atomic E-state index is 0.181. The summed E-state index contributed by atoms with van der Waals surface area (Å²) in [4.78, 5) is 0.181. The van der Waals surface area contributed by atoms with E-state index in [0.717, 1.165) is 4.31 Å². The molecular formula is C13H21N5O2S3. The summed E-state index contributed by atoms with van der Waals surface area (Å²) < 4.78 is 25.4. The molecule has 0 aliphatic rings. The second-order valence-electron chi connectivity index (χ2n) is 5.15. The van der Waals surface area contributed by atoms with Gasteiger partial charge in [0.05, 0.1) is 4.90 Å². The van der Waals surface area contributed by atoms with Crippen LogP contribution < -0.4 is 21.5 Å². The van der Waals surface area contributed by atoms with E-state index in [1.807, 2.05) is 13.8 Å². The molecule has 23 heavy (non-hydrogen) atoms.